The quantitative estimate of drug-likeness (QED) is 0.872. The van der Waals surface area contributed by atoms with Gasteiger partial charge in [0.2, 0.25) is 5.91 Å². The number of hydrogen-bond acceptors (Lipinski definition) is 2. The van der Waals surface area contributed by atoms with Crippen LogP contribution in [0.4, 0.5) is 10.5 Å². The first-order chi connectivity index (χ1) is 11.6. The molecule has 130 valence electrons. The number of aryl methyl sites for hydroxylation is 1. The second kappa shape index (κ2) is 7.69. The van der Waals surface area contributed by atoms with E-state index >= 15 is 0 Å². The summed E-state index contributed by atoms with van der Waals surface area (Å²) in [5, 5.41) is 6.01. The first-order valence-electron chi connectivity index (χ1n) is 9.02. The smallest absolute Gasteiger partial charge is 0.321 e. The van der Waals surface area contributed by atoms with Crippen molar-refractivity contribution in [1.82, 2.24) is 10.2 Å². The molecular weight excluding hydrogens is 302 g/mol. The van der Waals surface area contributed by atoms with Crippen LogP contribution in [0.2, 0.25) is 0 Å². The van der Waals surface area contributed by atoms with Crippen molar-refractivity contribution in [1.29, 1.82) is 0 Å². The Labute approximate surface area is 143 Å². The summed E-state index contributed by atoms with van der Waals surface area (Å²) in [5.41, 5.74) is 1.99. The monoisotopic (exact) mass is 329 g/mol. The largest absolute Gasteiger partial charge is 0.356 e. The summed E-state index contributed by atoms with van der Waals surface area (Å²) in [4.78, 5) is 25.8. The summed E-state index contributed by atoms with van der Waals surface area (Å²) < 4.78 is 0. The Morgan fingerprint density at radius 2 is 1.92 bits per heavy atom. The van der Waals surface area contributed by atoms with Gasteiger partial charge in [-0.2, -0.15) is 0 Å². The van der Waals surface area contributed by atoms with Crippen LogP contribution in [0.1, 0.15) is 37.7 Å². The van der Waals surface area contributed by atoms with Crippen molar-refractivity contribution >= 4 is 17.6 Å². The number of likely N-dealkylation sites (tertiary alicyclic amines) is 1. The van der Waals surface area contributed by atoms with Gasteiger partial charge in [-0.15, -0.1) is 0 Å². The summed E-state index contributed by atoms with van der Waals surface area (Å²) in [5.74, 6) is 1.12. The van der Waals surface area contributed by atoms with Crippen molar-refractivity contribution in [3.8, 4) is 0 Å². The van der Waals surface area contributed by atoms with Gasteiger partial charge in [-0.3, -0.25) is 4.79 Å². The molecule has 2 aliphatic rings. The van der Waals surface area contributed by atoms with Gasteiger partial charge < -0.3 is 15.5 Å². The number of nitrogens with zero attached hydrogens (tertiary/aromatic N) is 1. The molecule has 0 aromatic heterocycles. The number of anilines is 1. The highest BCUT2D eigenvalue weighted by Crippen LogP contribution is 2.29. The predicted molar refractivity (Wildman–Crippen MR) is 94.8 cm³/mol. The average molecular weight is 329 g/mol. The van der Waals surface area contributed by atoms with Crippen LogP contribution >= 0.6 is 0 Å². The number of carbonyl (C=O) groups excluding carboxylic acids is 2. The number of hydrogen-bond donors (Lipinski definition) is 2. The van der Waals surface area contributed by atoms with Crippen molar-refractivity contribution < 1.29 is 9.59 Å². The maximum atomic E-state index is 12.3. The second-order valence-electron chi connectivity index (χ2n) is 7.08. The molecule has 2 N–H and O–H groups in total. The van der Waals surface area contributed by atoms with Crippen LogP contribution in [0.3, 0.4) is 0 Å². The number of nitrogens with one attached hydrogen (secondary N) is 2. The zero-order valence-electron chi connectivity index (χ0n) is 14.4. The highest BCUT2D eigenvalue weighted by molar-refractivity contribution is 5.89. The maximum absolute atomic E-state index is 12.3. The third-order valence-electron chi connectivity index (χ3n) is 4.97. The summed E-state index contributed by atoms with van der Waals surface area (Å²) in [6.45, 7) is 4.37. The van der Waals surface area contributed by atoms with E-state index in [4.69, 9.17) is 0 Å². The molecule has 24 heavy (non-hydrogen) atoms. The molecule has 1 heterocycles. The molecule has 2 fully saturated rings. The Balaban J connectivity index is 1.36. The minimum absolute atomic E-state index is 0.0129. The van der Waals surface area contributed by atoms with Gasteiger partial charge >= 0.3 is 6.03 Å². The van der Waals surface area contributed by atoms with Gasteiger partial charge in [-0.25, -0.2) is 4.79 Å². The molecule has 3 amide bonds. The van der Waals surface area contributed by atoms with Gasteiger partial charge in [0.25, 0.3) is 0 Å². The third-order valence-corrected chi connectivity index (χ3v) is 4.97. The van der Waals surface area contributed by atoms with Crippen molar-refractivity contribution in [3.05, 3.63) is 29.8 Å². The van der Waals surface area contributed by atoms with Gasteiger partial charge in [0.1, 0.15) is 0 Å². The summed E-state index contributed by atoms with van der Waals surface area (Å²) >= 11 is 0. The molecule has 1 aliphatic heterocycles. The lowest BCUT2D eigenvalue weighted by atomic mass is 9.93. The Kier molecular flexibility index (Phi) is 5.38. The van der Waals surface area contributed by atoms with Gasteiger partial charge in [0.05, 0.1) is 0 Å². The van der Waals surface area contributed by atoms with Crippen LogP contribution in [0.15, 0.2) is 24.3 Å². The summed E-state index contributed by atoms with van der Waals surface area (Å²) in [7, 11) is 0. The van der Waals surface area contributed by atoms with Crippen LogP contribution in [-0.2, 0) is 4.79 Å². The Hall–Kier alpha value is -2.04. The van der Waals surface area contributed by atoms with E-state index in [9.17, 15) is 9.59 Å². The first kappa shape index (κ1) is 16.8. The molecule has 5 nitrogen and oxygen atoms in total. The molecule has 0 spiro atoms. The molecular formula is C19H27N3O2. The van der Waals surface area contributed by atoms with E-state index in [1.54, 1.807) is 0 Å². The number of carbonyl (C=O) groups is 2. The topological polar surface area (TPSA) is 61.4 Å². The summed E-state index contributed by atoms with van der Waals surface area (Å²) in [6.07, 6.45) is 5.16. The van der Waals surface area contributed by atoms with E-state index in [1.807, 2.05) is 36.1 Å². The fourth-order valence-electron chi connectivity index (χ4n) is 3.24. The molecule has 0 radical (unpaired) electrons. The number of benzene rings is 1. The zero-order chi connectivity index (χ0) is 16.9. The number of rotatable bonds is 5. The fourth-order valence-corrected chi connectivity index (χ4v) is 3.24. The Morgan fingerprint density at radius 1 is 1.17 bits per heavy atom. The lowest BCUT2D eigenvalue weighted by Crippen LogP contribution is -2.41. The zero-order valence-corrected chi connectivity index (χ0v) is 14.4. The van der Waals surface area contributed by atoms with Crippen molar-refractivity contribution in [2.24, 2.45) is 11.8 Å². The van der Waals surface area contributed by atoms with E-state index in [0.717, 1.165) is 63.0 Å². The van der Waals surface area contributed by atoms with E-state index in [1.165, 1.54) is 0 Å². The second-order valence-corrected chi connectivity index (χ2v) is 7.08. The SMILES string of the molecule is Cc1cccc(NC(=O)N2CCC(CCNC(=O)C3CC3)CC2)c1. The van der Waals surface area contributed by atoms with E-state index in [-0.39, 0.29) is 17.9 Å². The summed E-state index contributed by atoms with van der Waals surface area (Å²) in [6, 6.07) is 7.85. The molecule has 5 heteroatoms. The lowest BCUT2D eigenvalue weighted by Gasteiger charge is -2.32. The third kappa shape index (κ3) is 4.73. The van der Waals surface area contributed by atoms with Gasteiger partial charge in [0, 0.05) is 31.2 Å². The number of piperidine rings is 1. The highest BCUT2D eigenvalue weighted by Gasteiger charge is 2.29. The van der Waals surface area contributed by atoms with Crippen LogP contribution in [0.5, 0.6) is 0 Å². The first-order valence-corrected chi connectivity index (χ1v) is 9.02. The van der Waals surface area contributed by atoms with Gasteiger partial charge in [-0.1, -0.05) is 12.1 Å². The minimum Gasteiger partial charge on any atom is -0.356 e. The molecule has 0 bridgehead atoms. The van der Waals surface area contributed by atoms with Crippen molar-refractivity contribution in [2.45, 2.75) is 39.0 Å². The van der Waals surface area contributed by atoms with Gasteiger partial charge in [-0.05, 0) is 62.6 Å². The number of amides is 3. The van der Waals surface area contributed by atoms with E-state index in [0.29, 0.717) is 5.92 Å². The lowest BCUT2D eigenvalue weighted by molar-refractivity contribution is -0.122. The van der Waals surface area contributed by atoms with Crippen LogP contribution in [0.25, 0.3) is 0 Å². The maximum Gasteiger partial charge on any atom is 0.321 e. The normalized spacial score (nSPS) is 18.3. The van der Waals surface area contributed by atoms with Crippen molar-refractivity contribution in [2.75, 3.05) is 25.0 Å². The average Bonchev–Trinajstić information content (AvgIpc) is 3.40. The van der Waals surface area contributed by atoms with Gasteiger partial charge in [0.15, 0.2) is 0 Å². The van der Waals surface area contributed by atoms with Crippen LogP contribution in [-0.4, -0.2) is 36.5 Å². The number of urea groups is 1. The highest BCUT2D eigenvalue weighted by atomic mass is 16.2. The molecule has 3 rings (SSSR count). The molecule has 1 aliphatic carbocycles. The van der Waals surface area contributed by atoms with E-state index in [2.05, 4.69) is 10.6 Å². The molecule has 1 saturated heterocycles. The molecule has 1 saturated carbocycles. The Bertz CT molecular complexity index is 590. The van der Waals surface area contributed by atoms with Crippen molar-refractivity contribution in [3.63, 3.8) is 0 Å². The molecule has 0 atom stereocenters. The predicted octanol–water partition coefficient (Wildman–Crippen LogP) is 3.16. The van der Waals surface area contributed by atoms with Crippen LogP contribution < -0.4 is 10.6 Å². The standard InChI is InChI=1S/C19H27N3O2/c1-14-3-2-4-17(13-14)21-19(24)22-11-8-15(9-12-22)7-10-20-18(23)16-5-6-16/h2-4,13,15-16H,5-12H2,1H3,(H,20,23)(H,21,24). The van der Waals surface area contributed by atoms with E-state index < -0.39 is 0 Å². The fraction of sp³-hybridized carbons (Fsp3) is 0.579. The molecule has 1 aromatic rings. The molecule has 0 unspecified atom stereocenters. The van der Waals surface area contributed by atoms with Crippen LogP contribution in [0, 0.1) is 18.8 Å². The minimum atomic E-state index is -0.0129. The molecule has 1 aromatic carbocycles. The Morgan fingerprint density at radius 3 is 2.58 bits per heavy atom.